The van der Waals surface area contributed by atoms with E-state index in [2.05, 4.69) is 27.3 Å². The lowest BCUT2D eigenvalue weighted by Crippen LogP contribution is -2.02. The van der Waals surface area contributed by atoms with E-state index in [9.17, 15) is 0 Å². The molecule has 0 spiro atoms. The van der Waals surface area contributed by atoms with Crippen LogP contribution in [0.1, 0.15) is 18.4 Å². The number of aromatic nitrogens is 4. The molecule has 0 aromatic carbocycles. The monoisotopic (exact) mass is 281 g/mol. The molecule has 6 nitrogen and oxygen atoms in total. The maximum Gasteiger partial charge on any atom is 0.158 e. The molecule has 2 aromatic rings. The van der Waals surface area contributed by atoms with Crippen LogP contribution in [0.4, 0.5) is 11.5 Å². The van der Waals surface area contributed by atoms with Crippen LogP contribution < -0.4 is 5.32 Å². The first kappa shape index (κ1) is 13.8. The Labute approximate surface area is 116 Å². The van der Waals surface area contributed by atoms with Gasteiger partial charge in [0.05, 0.1) is 11.4 Å². The second-order valence-electron chi connectivity index (χ2n) is 4.07. The molecule has 0 bridgehead atoms. The highest BCUT2D eigenvalue weighted by molar-refractivity contribution is 6.29. The largest absolute Gasteiger partial charge is 0.377 e. The van der Waals surface area contributed by atoms with Gasteiger partial charge >= 0.3 is 0 Å². The van der Waals surface area contributed by atoms with Crippen molar-refractivity contribution in [3.05, 3.63) is 28.9 Å². The molecule has 2 rings (SSSR count). The molecule has 0 saturated carbocycles. The van der Waals surface area contributed by atoms with E-state index in [0.29, 0.717) is 23.4 Å². The molecule has 1 N–H and O–H groups in total. The number of hydrogen-bond acceptors (Lipinski definition) is 5. The SMILES string of the molecule is CCc1nn(C)cc1Nc1cc(Cl)nc(COC)n1. The summed E-state index contributed by atoms with van der Waals surface area (Å²) in [6, 6.07) is 1.67. The van der Waals surface area contributed by atoms with Crippen LogP contribution in [-0.2, 0) is 24.8 Å². The minimum Gasteiger partial charge on any atom is -0.377 e. The molecule has 0 fully saturated rings. The topological polar surface area (TPSA) is 64.9 Å². The van der Waals surface area contributed by atoms with Crippen molar-refractivity contribution in [2.45, 2.75) is 20.0 Å². The number of ether oxygens (including phenoxy) is 1. The van der Waals surface area contributed by atoms with Crippen molar-refractivity contribution in [3.8, 4) is 0 Å². The summed E-state index contributed by atoms with van der Waals surface area (Å²) in [5.74, 6) is 1.18. The Morgan fingerprint density at radius 2 is 2.21 bits per heavy atom. The number of aryl methyl sites for hydroxylation is 2. The molecule has 102 valence electrons. The molecular formula is C12H16ClN5O. The summed E-state index contributed by atoms with van der Waals surface area (Å²) >= 11 is 5.96. The fourth-order valence-electron chi connectivity index (χ4n) is 1.76. The summed E-state index contributed by atoms with van der Waals surface area (Å²) < 4.78 is 6.77. The minimum absolute atomic E-state index is 0.322. The van der Waals surface area contributed by atoms with Gasteiger partial charge in [0.1, 0.15) is 17.6 Å². The molecule has 0 unspecified atom stereocenters. The quantitative estimate of drug-likeness (QED) is 0.852. The van der Waals surface area contributed by atoms with E-state index < -0.39 is 0 Å². The Balaban J connectivity index is 2.26. The second kappa shape index (κ2) is 5.99. The predicted octanol–water partition coefficient (Wildman–Crippen LogP) is 2.32. The molecule has 7 heteroatoms. The summed E-state index contributed by atoms with van der Waals surface area (Å²) in [5.41, 5.74) is 1.90. The van der Waals surface area contributed by atoms with E-state index in [4.69, 9.17) is 16.3 Å². The average molecular weight is 282 g/mol. The lowest BCUT2D eigenvalue weighted by Gasteiger charge is -2.07. The van der Waals surface area contributed by atoms with E-state index in [1.165, 1.54) is 0 Å². The highest BCUT2D eigenvalue weighted by Crippen LogP contribution is 2.20. The third kappa shape index (κ3) is 3.42. The first-order chi connectivity index (χ1) is 9.12. The fourth-order valence-corrected chi connectivity index (χ4v) is 1.96. The molecule has 19 heavy (non-hydrogen) atoms. The van der Waals surface area contributed by atoms with Crippen molar-refractivity contribution < 1.29 is 4.74 Å². The van der Waals surface area contributed by atoms with Gasteiger partial charge in [-0.05, 0) is 6.42 Å². The zero-order chi connectivity index (χ0) is 13.8. The average Bonchev–Trinajstić information content (AvgIpc) is 2.69. The third-order valence-electron chi connectivity index (χ3n) is 2.52. The molecule has 0 aliphatic rings. The van der Waals surface area contributed by atoms with Crippen LogP contribution in [0.25, 0.3) is 0 Å². The van der Waals surface area contributed by atoms with E-state index in [0.717, 1.165) is 17.8 Å². The number of methoxy groups -OCH3 is 1. The standard InChI is InChI=1S/C12H16ClN5O/c1-4-8-9(6-18(2)17-8)14-11-5-10(13)15-12(16-11)7-19-3/h5-6H,4,7H2,1-3H3,(H,14,15,16). The number of nitrogens with zero attached hydrogens (tertiary/aromatic N) is 4. The van der Waals surface area contributed by atoms with Gasteiger partial charge in [-0.25, -0.2) is 9.97 Å². The van der Waals surface area contributed by atoms with Crippen LogP contribution in [0.5, 0.6) is 0 Å². The Morgan fingerprint density at radius 3 is 2.89 bits per heavy atom. The van der Waals surface area contributed by atoms with Gasteiger partial charge in [-0.3, -0.25) is 4.68 Å². The van der Waals surface area contributed by atoms with Gasteiger partial charge in [-0.15, -0.1) is 0 Å². The maximum absolute atomic E-state index is 5.96. The van der Waals surface area contributed by atoms with Gasteiger partial charge in [-0.1, -0.05) is 18.5 Å². The van der Waals surface area contributed by atoms with Gasteiger partial charge in [-0.2, -0.15) is 5.10 Å². The zero-order valence-corrected chi connectivity index (χ0v) is 11.9. The molecule has 2 heterocycles. The van der Waals surface area contributed by atoms with Crippen molar-refractivity contribution in [2.75, 3.05) is 12.4 Å². The van der Waals surface area contributed by atoms with Crippen LogP contribution in [-0.4, -0.2) is 26.9 Å². The Bertz CT molecular complexity index is 569. The third-order valence-corrected chi connectivity index (χ3v) is 2.71. The van der Waals surface area contributed by atoms with Crippen LogP contribution in [0.2, 0.25) is 5.15 Å². The summed E-state index contributed by atoms with van der Waals surface area (Å²) in [5, 5.41) is 7.95. The minimum atomic E-state index is 0.322. The second-order valence-corrected chi connectivity index (χ2v) is 4.45. The molecule has 0 amide bonds. The van der Waals surface area contributed by atoms with E-state index in [1.54, 1.807) is 17.9 Å². The number of hydrogen-bond donors (Lipinski definition) is 1. The predicted molar refractivity (Wildman–Crippen MR) is 73.6 cm³/mol. The molecule has 0 radical (unpaired) electrons. The van der Waals surface area contributed by atoms with Gasteiger partial charge in [0, 0.05) is 26.4 Å². The van der Waals surface area contributed by atoms with Crippen LogP contribution in [0.3, 0.4) is 0 Å². The number of rotatable bonds is 5. The normalized spacial score (nSPS) is 10.7. The Hall–Kier alpha value is -1.66. The first-order valence-electron chi connectivity index (χ1n) is 5.94. The van der Waals surface area contributed by atoms with Crippen molar-refractivity contribution in [1.82, 2.24) is 19.7 Å². The summed E-state index contributed by atoms with van der Waals surface area (Å²) in [4.78, 5) is 8.42. The molecular weight excluding hydrogens is 266 g/mol. The molecule has 2 aromatic heterocycles. The highest BCUT2D eigenvalue weighted by atomic mass is 35.5. The molecule has 0 saturated heterocycles. The lowest BCUT2D eigenvalue weighted by molar-refractivity contribution is 0.178. The van der Waals surface area contributed by atoms with Gasteiger partial charge in [0.2, 0.25) is 0 Å². The lowest BCUT2D eigenvalue weighted by atomic mass is 10.3. The van der Waals surface area contributed by atoms with Crippen molar-refractivity contribution in [1.29, 1.82) is 0 Å². The van der Waals surface area contributed by atoms with Crippen molar-refractivity contribution >= 4 is 23.1 Å². The van der Waals surface area contributed by atoms with Crippen molar-refractivity contribution in [2.24, 2.45) is 7.05 Å². The first-order valence-corrected chi connectivity index (χ1v) is 6.32. The van der Waals surface area contributed by atoms with E-state index >= 15 is 0 Å². The molecule has 0 aliphatic heterocycles. The smallest absolute Gasteiger partial charge is 0.158 e. The summed E-state index contributed by atoms with van der Waals surface area (Å²) in [7, 11) is 3.47. The summed E-state index contributed by atoms with van der Waals surface area (Å²) in [6.07, 6.45) is 2.75. The Kier molecular flexibility index (Phi) is 4.34. The number of nitrogens with one attached hydrogen (secondary N) is 1. The number of anilines is 2. The molecule has 0 aliphatic carbocycles. The van der Waals surface area contributed by atoms with Crippen LogP contribution in [0.15, 0.2) is 12.3 Å². The fraction of sp³-hybridized carbons (Fsp3) is 0.417. The number of halogens is 1. The Morgan fingerprint density at radius 1 is 1.42 bits per heavy atom. The van der Waals surface area contributed by atoms with Gasteiger partial charge in [0.15, 0.2) is 5.82 Å². The highest BCUT2D eigenvalue weighted by Gasteiger charge is 2.08. The van der Waals surface area contributed by atoms with Crippen LogP contribution in [0, 0.1) is 0 Å². The zero-order valence-electron chi connectivity index (χ0n) is 11.1. The van der Waals surface area contributed by atoms with Crippen molar-refractivity contribution in [3.63, 3.8) is 0 Å². The maximum atomic E-state index is 5.96. The molecule has 0 atom stereocenters. The van der Waals surface area contributed by atoms with Crippen LogP contribution >= 0.6 is 11.6 Å². The van der Waals surface area contributed by atoms with Gasteiger partial charge in [0.25, 0.3) is 0 Å². The van der Waals surface area contributed by atoms with E-state index in [1.807, 2.05) is 13.2 Å². The van der Waals surface area contributed by atoms with E-state index in [-0.39, 0.29) is 0 Å². The van der Waals surface area contributed by atoms with Gasteiger partial charge < -0.3 is 10.1 Å². The summed E-state index contributed by atoms with van der Waals surface area (Å²) in [6.45, 7) is 2.37.